The fourth-order valence-corrected chi connectivity index (χ4v) is 2.97. The third kappa shape index (κ3) is 2.11. The summed E-state index contributed by atoms with van der Waals surface area (Å²) in [6, 6.07) is 3.51. The fraction of sp³-hybridized carbons (Fsp3) is 0.222. The quantitative estimate of drug-likeness (QED) is 0.903. The molecule has 0 fully saturated rings. The first-order valence-corrected chi connectivity index (χ1v) is 6.03. The number of nitrogens with zero attached hydrogens (tertiary/aromatic N) is 1. The van der Waals surface area contributed by atoms with Gasteiger partial charge in [0.15, 0.2) is 5.69 Å². The Bertz CT molecular complexity index is 473. The standard InChI is InChI=1S/C9H7F3N2S2/c10-9(11,12)7-6(4-13)16-8(14-7)5-2-1-3-15-5/h1-3H,4,13H2. The number of thiophene rings is 1. The van der Waals surface area contributed by atoms with Gasteiger partial charge >= 0.3 is 6.18 Å². The molecule has 2 rings (SSSR count). The molecule has 2 aromatic rings. The van der Waals surface area contributed by atoms with Crippen molar-refractivity contribution >= 4 is 22.7 Å². The van der Waals surface area contributed by atoms with Crippen LogP contribution in [0.3, 0.4) is 0 Å². The van der Waals surface area contributed by atoms with Gasteiger partial charge in [0.1, 0.15) is 5.01 Å². The van der Waals surface area contributed by atoms with Gasteiger partial charge in [-0.3, -0.25) is 0 Å². The summed E-state index contributed by atoms with van der Waals surface area (Å²) in [7, 11) is 0. The molecule has 0 aromatic carbocycles. The molecule has 0 radical (unpaired) electrons. The Hall–Kier alpha value is -0.920. The highest BCUT2D eigenvalue weighted by Gasteiger charge is 2.37. The molecule has 7 heteroatoms. The fourth-order valence-electron chi connectivity index (χ4n) is 1.22. The number of nitrogens with two attached hydrogens (primary N) is 1. The van der Waals surface area contributed by atoms with Crippen LogP contribution >= 0.6 is 22.7 Å². The van der Waals surface area contributed by atoms with E-state index in [1.807, 2.05) is 0 Å². The molecule has 0 aliphatic carbocycles. The Morgan fingerprint density at radius 1 is 1.38 bits per heavy atom. The maximum absolute atomic E-state index is 12.6. The molecule has 0 spiro atoms. The molecule has 0 saturated heterocycles. The summed E-state index contributed by atoms with van der Waals surface area (Å²) >= 11 is 2.36. The number of aromatic nitrogens is 1. The van der Waals surface area contributed by atoms with Crippen LogP contribution < -0.4 is 5.73 Å². The van der Waals surface area contributed by atoms with Crippen molar-refractivity contribution in [3.8, 4) is 9.88 Å². The van der Waals surface area contributed by atoms with Gasteiger partial charge in [-0.15, -0.1) is 22.7 Å². The van der Waals surface area contributed by atoms with E-state index in [0.717, 1.165) is 16.2 Å². The minimum atomic E-state index is -4.43. The van der Waals surface area contributed by atoms with E-state index in [2.05, 4.69) is 4.98 Å². The Labute approximate surface area is 97.6 Å². The second-order valence-electron chi connectivity index (χ2n) is 2.97. The zero-order valence-corrected chi connectivity index (χ0v) is 9.55. The van der Waals surface area contributed by atoms with E-state index in [4.69, 9.17) is 5.73 Å². The van der Waals surface area contributed by atoms with Gasteiger partial charge < -0.3 is 5.73 Å². The highest BCUT2D eigenvalue weighted by atomic mass is 32.1. The van der Waals surface area contributed by atoms with Crippen molar-refractivity contribution in [1.82, 2.24) is 4.98 Å². The minimum absolute atomic E-state index is 0.0795. The lowest BCUT2D eigenvalue weighted by molar-refractivity contribution is -0.141. The van der Waals surface area contributed by atoms with Crippen LogP contribution in [0.15, 0.2) is 17.5 Å². The van der Waals surface area contributed by atoms with E-state index in [9.17, 15) is 13.2 Å². The predicted molar refractivity (Wildman–Crippen MR) is 58.3 cm³/mol. The van der Waals surface area contributed by atoms with Crippen LogP contribution in [-0.2, 0) is 12.7 Å². The second-order valence-corrected chi connectivity index (χ2v) is 5.00. The first-order valence-electron chi connectivity index (χ1n) is 4.33. The van der Waals surface area contributed by atoms with E-state index >= 15 is 0 Å². The van der Waals surface area contributed by atoms with Gasteiger partial charge in [-0.05, 0) is 11.4 Å². The molecule has 0 unspecified atom stereocenters. The second kappa shape index (κ2) is 4.15. The maximum Gasteiger partial charge on any atom is 0.434 e. The molecule has 0 bridgehead atoms. The van der Waals surface area contributed by atoms with Crippen LogP contribution in [0.25, 0.3) is 9.88 Å². The summed E-state index contributed by atoms with van der Waals surface area (Å²) in [6.45, 7) is -0.141. The topological polar surface area (TPSA) is 38.9 Å². The third-order valence-electron chi connectivity index (χ3n) is 1.88. The number of hydrogen-bond donors (Lipinski definition) is 1. The molecule has 2 aromatic heterocycles. The van der Waals surface area contributed by atoms with Crippen molar-refractivity contribution < 1.29 is 13.2 Å². The van der Waals surface area contributed by atoms with E-state index in [-0.39, 0.29) is 11.4 Å². The van der Waals surface area contributed by atoms with Crippen molar-refractivity contribution in [2.75, 3.05) is 0 Å². The van der Waals surface area contributed by atoms with Crippen LogP contribution in [0.5, 0.6) is 0 Å². The largest absolute Gasteiger partial charge is 0.434 e. The predicted octanol–water partition coefficient (Wildman–Crippen LogP) is 3.35. The smallest absolute Gasteiger partial charge is 0.326 e. The minimum Gasteiger partial charge on any atom is -0.326 e. The molecule has 0 amide bonds. The van der Waals surface area contributed by atoms with Gasteiger partial charge in [0.2, 0.25) is 0 Å². The lowest BCUT2D eigenvalue weighted by atomic mass is 10.3. The monoisotopic (exact) mass is 264 g/mol. The molecule has 0 aliphatic rings. The number of thiazole rings is 1. The summed E-state index contributed by atoms with van der Waals surface area (Å²) < 4.78 is 37.7. The van der Waals surface area contributed by atoms with Gasteiger partial charge in [0, 0.05) is 6.54 Å². The lowest BCUT2D eigenvalue weighted by Crippen LogP contribution is -2.10. The summed E-state index contributed by atoms with van der Waals surface area (Å²) in [5.41, 5.74) is 4.43. The third-order valence-corrected chi connectivity index (χ3v) is 4.00. The molecule has 0 atom stereocenters. The first kappa shape index (κ1) is 11.6. The number of halogens is 3. The number of alkyl halides is 3. The SMILES string of the molecule is NCc1sc(-c2cccs2)nc1C(F)(F)F. The lowest BCUT2D eigenvalue weighted by Gasteiger charge is -2.03. The molecule has 0 aliphatic heterocycles. The molecular formula is C9H7F3N2S2. The number of hydrogen-bond acceptors (Lipinski definition) is 4. The van der Waals surface area contributed by atoms with Crippen molar-refractivity contribution in [2.45, 2.75) is 12.7 Å². The van der Waals surface area contributed by atoms with Gasteiger partial charge in [-0.25, -0.2) is 4.98 Å². The Morgan fingerprint density at radius 3 is 2.56 bits per heavy atom. The molecule has 2 heterocycles. The van der Waals surface area contributed by atoms with E-state index in [0.29, 0.717) is 5.01 Å². The molecule has 16 heavy (non-hydrogen) atoms. The summed E-state index contributed by atoms with van der Waals surface area (Å²) in [5.74, 6) is 0. The van der Waals surface area contributed by atoms with Gasteiger partial charge in [-0.2, -0.15) is 13.2 Å². The van der Waals surface area contributed by atoms with Crippen LogP contribution in [0.2, 0.25) is 0 Å². The molecule has 0 saturated carbocycles. The van der Waals surface area contributed by atoms with Crippen molar-refractivity contribution in [2.24, 2.45) is 5.73 Å². The van der Waals surface area contributed by atoms with E-state index < -0.39 is 11.9 Å². The van der Waals surface area contributed by atoms with Crippen LogP contribution in [0.1, 0.15) is 10.6 Å². The van der Waals surface area contributed by atoms with Crippen molar-refractivity contribution in [1.29, 1.82) is 0 Å². The van der Waals surface area contributed by atoms with Gasteiger partial charge in [0.05, 0.1) is 9.75 Å². The Balaban J connectivity index is 2.48. The Kier molecular flexibility index (Phi) is 3.00. The van der Waals surface area contributed by atoms with Crippen molar-refractivity contribution in [3.63, 3.8) is 0 Å². The van der Waals surface area contributed by atoms with Gasteiger partial charge in [0.25, 0.3) is 0 Å². The van der Waals surface area contributed by atoms with Crippen molar-refractivity contribution in [3.05, 3.63) is 28.1 Å². The highest BCUT2D eigenvalue weighted by molar-refractivity contribution is 7.21. The molecule has 86 valence electrons. The van der Waals surface area contributed by atoms with E-state index in [1.54, 1.807) is 17.5 Å². The summed E-state index contributed by atoms with van der Waals surface area (Å²) in [4.78, 5) is 4.43. The summed E-state index contributed by atoms with van der Waals surface area (Å²) in [6.07, 6.45) is -4.43. The van der Waals surface area contributed by atoms with E-state index in [1.165, 1.54) is 11.3 Å². The zero-order chi connectivity index (χ0) is 11.8. The summed E-state index contributed by atoms with van der Waals surface area (Å²) in [5, 5.41) is 2.18. The van der Waals surface area contributed by atoms with Crippen LogP contribution in [-0.4, -0.2) is 4.98 Å². The molecular weight excluding hydrogens is 257 g/mol. The van der Waals surface area contributed by atoms with Gasteiger partial charge in [-0.1, -0.05) is 6.07 Å². The normalized spacial score (nSPS) is 12.0. The van der Waals surface area contributed by atoms with Crippen LogP contribution in [0.4, 0.5) is 13.2 Å². The highest BCUT2D eigenvalue weighted by Crippen LogP contribution is 2.38. The average Bonchev–Trinajstić information content (AvgIpc) is 2.85. The first-order chi connectivity index (χ1) is 7.52. The van der Waals surface area contributed by atoms with Crippen LogP contribution in [0, 0.1) is 0 Å². The number of rotatable bonds is 2. The molecule has 2 N–H and O–H groups in total. The Morgan fingerprint density at radius 2 is 2.12 bits per heavy atom. The average molecular weight is 264 g/mol. The zero-order valence-electron chi connectivity index (χ0n) is 7.91. The maximum atomic E-state index is 12.6. The molecule has 2 nitrogen and oxygen atoms in total.